The van der Waals surface area contributed by atoms with E-state index in [1.165, 1.54) is 0 Å². The molecule has 0 aliphatic carbocycles. The van der Waals surface area contributed by atoms with Crippen LogP contribution in [-0.2, 0) is 53.0 Å². The van der Waals surface area contributed by atoms with Crippen molar-refractivity contribution in [2.75, 3.05) is 0 Å². The largest absolute Gasteiger partial charge is 1.20 e. The molecule has 0 radical (unpaired) electrons. The summed E-state index contributed by atoms with van der Waals surface area (Å²) in [6.07, 6.45) is 5.24. The summed E-state index contributed by atoms with van der Waals surface area (Å²) in [6.45, 7) is 13.0. The summed E-state index contributed by atoms with van der Waals surface area (Å²) in [4.78, 5) is 33.7. The van der Waals surface area contributed by atoms with Crippen molar-refractivity contribution in [2.24, 2.45) is 0 Å². The Morgan fingerprint density at radius 3 is 0.855 bits per heavy atom. The number of aromatic nitrogens is 7. The number of pyridine rings is 7. The molecule has 10 aromatic carbocycles. The van der Waals surface area contributed by atoms with Crippen molar-refractivity contribution in [3.05, 3.63) is 327 Å². The van der Waals surface area contributed by atoms with E-state index in [0.717, 1.165) is 99.3 Å². The van der Waals surface area contributed by atoms with Gasteiger partial charge in [-0.15, -0.1) is 0 Å². The minimum atomic E-state index is -2.86. The van der Waals surface area contributed by atoms with Crippen LogP contribution in [0.5, 0.6) is 40.2 Å². The Morgan fingerprint density at radius 1 is 0.264 bits per heavy atom. The average Bonchev–Trinajstić information content (AvgIpc) is 0.749. The molecular formula is C93H74AlN7O7Pt2. The summed E-state index contributed by atoms with van der Waals surface area (Å²) in [5.74, 6) is 2.54. The molecule has 0 atom stereocenters. The number of para-hydroxylation sites is 7. The van der Waals surface area contributed by atoms with Crippen LogP contribution in [0.4, 0.5) is 0 Å². The fourth-order valence-corrected chi connectivity index (χ4v) is 14.4. The average molecular weight is 1820 g/mol. The van der Waals surface area contributed by atoms with Gasteiger partial charge in [0.2, 0.25) is 0 Å². The molecule has 7 heterocycles. The van der Waals surface area contributed by atoms with Crippen LogP contribution in [-0.4, -0.2) is 70.5 Å². The van der Waals surface area contributed by atoms with Gasteiger partial charge in [0, 0.05) is 110 Å². The Kier molecular flexibility index (Phi) is 23.1. The van der Waals surface area contributed by atoms with Gasteiger partial charge < -0.3 is 31.8 Å². The van der Waals surface area contributed by atoms with Gasteiger partial charge in [0.25, 0.3) is 0 Å². The molecule has 546 valence electrons. The summed E-state index contributed by atoms with van der Waals surface area (Å²) in [5.41, 5.74) is 16.6. The Morgan fingerprint density at radius 2 is 0.545 bits per heavy atom. The number of phenols is 4. The molecule has 0 aliphatic rings. The van der Waals surface area contributed by atoms with Crippen molar-refractivity contribution in [3.63, 3.8) is 0 Å². The van der Waals surface area contributed by atoms with Gasteiger partial charge in [0.05, 0.1) is 45.2 Å². The molecule has 7 aromatic heterocycles. The van der Waals surface area contributed by atoms with Crippen molar-refractivity contribution in [2.45, 2.75) is 52.4 Å². The Bertz CT molecular complexity index is 5720. The fourth-order valence-electron chi connectivity index (χ4n) is 13.1. The minimum Gasteiger partial charge on any atom is -0.576 e. The summed E-state index contributed by atoms with van der Waals surface area (Å²) < 4.78 is 19.2. The molecule has 4 N–H and O–H groups in total. The van der Waals surface area contributed by atoms with Gasteiger partial charge in [-0.25, -0.2) is 19.9 Å². The van der Waals surface area contributed by atoms with Crippen LogP contribution in [0.3, 0.4) is 0 Å². The zero-order chi connectivity index (χ0) is 74.5. The number of rotatable bonds is 13. The standard InChI is InChI=1S/C36H24N2O2.C30H32N2O2.3C9H7NO.Al.2Pt/c39-33-17-9-7-15-27(33)31-21-29(23-11-3-1-4-12-23)25-19-20-26-30(24-13-5-2-6-14-24)22-32(38-36(26)35(25)37-31)28-16-8-10-18-34(28)40;1-29(2,3)19-15-23(21-11-7-9-13-27(21)33)31-25(17-19)26-18-20(30(4,5)6)16-24(32-26)22-12-8-10-14-28(22)34;3*11-8-5-1-3-7-4-2-6-10-9(7)8;;;/h1-22,39-40H;7-18,33-34H,1-6H3;3*1-6,11H;;;/q;;;;;+3;;/p-3. The number of hydrogen-bond donors (Lipinski definition) is 4. The van der Waals surface area contributed by atoms with Crippen molar-refractivity contribution in [1.29, 1.82) is 0 Å². The van der Waals surface area contributed by atoms with Gasteiger partial charge in [-0.05, 0) is 166 Å². The molecule has 110 heavy (non-hydrogen) atoms. The Balaban J connectivity index is 0.000000144. The van der Waals surface area contributed by atoms with Crippen molar-refractivity contribution in [3.8, 4) is 119 Å². The topological polar surface area (TPSA) is 199 Å². The molecule has 17 aromatic rings. The van der Waals surface area contributed by atoms with E-state index in [-0.39, 0.29) is 76.0 Å². The SMILES string of the molecule is CC(C)(C)c1cc(-c2cc(C(C)(C)C)cc(-c3ccccc3O)n2)nc(-c2ccccc2O)c1.Oc1ccccc1-c1cc(-c2ccccc2)c2ccc3c(-c4ccccc4)cc(-c4ccccc4O)nc3c2n1.[Pt].[Pt].c1cnc2c([O][Al]([O]c3cccc4cccnc34)[O]c3cccc4cccnc34)cccc2c1. The minimum absolute atomic E-state index is 0. The normalized spacial score (nSPS) is 11.2. The molecule has 0 unspecified atom stereocenters. The van der Waals surface area contributed by atoms with Gasteiger partial charge >= 0.3 is 15.1 Å². The molecule has 0 fully saturated rings. The van der Waals surface area contributed by atoms with Crippen LogP contribution < -0.4 is 11.4 Å². The van der Waals surface area contributed by atoms with E-state index < -0.39 is 15.1 Å². The van der Waals surface area contributed by atoms with E-state index in [1.807, 2.05) is 200 Å². The molecule has 0 spiro atoms. The molecule has 0 saturated carbocycles. The number of benzene rings is 10. The monoisotopic (exact) mass is 1820 g/mol. The van der Waals surface area contributed by atoms with Crippen LogP contribution in [0, 0.1) is 0 Å². The molecule has 17 heteroatoms. The Hall–Kier alpha value is -11.9. The maximum atomic E-state index is 10.7. The first-order valence-electron chi connectivity index (χ1n) is 35.6. The first-order valence-corrected chi connectivity index (χ1v) is 37.0. The first-order chi connectivity index (χ1) is 52.4. The van der Waals surface area contributed by atoms with E-state index in [0.29, 0.717) is 62.3 Å². The third-order valence-electron chi connectivity index (χ3n) is 18.7. The van der Waals surface area contributed by atoms with E-state index >= 15 is 0 Å². The second-order valence-electron chi connectivity index (χ2n) is 28.2. The van der Waals surface area contributed by atoms with E-state index in [4.69, 9.17) is 31.3 Å². The first kappa shape index (κ1) is 76.3. The summed E-state index contributed by atoms with van der Waals surface area (Å²) in [7, 11) is 0. The maximum absolute atomic E-state index is 10.7. The molecule has 0 bridgehead atoms. The van der Waals surface area contributed by atoms with Crippen LogP contribution in [0.15, 0.2) is 316 Å². The number of nitrogens with zero attached hydrogens (tertiary/aromatic N) is 7. The van der Waals surface area contributed by atoms with Crippen LogP contribution in [0.2, 0.25) is 0 Å². The van der Waals surface area contributed by atoms with Crippen molar-refractivity contribution >= 4 is 69.7 Å². The van der Waals surface area contributed by atoms with Gasteiger partial charge in [0.15, 0.2) is 0 Å². The predicted molar refractivity (Wildman–Crippen MR) is 434 cm³/mol. The quantitative estimate of drug-likeness (QED) is 0.0628. The van der Waals surface area contributed by atoms with Crippen LogP contribution in [0.1, 0.15) is 52.7 Å². The van der Waals surface area contributed by atoms with Gasteiger partial charge in [0.1, 0.15) is 56.8 Å². The zero-order valence-electron chi connectivity index (χ0n) is 60.9. The van der Waals surface area contributed by atoms with Crippen LogP contribution in [0.25, 0.3) is 133 Å². The number of aromatic hydroxyl groups is 4. The Labute approximate surface area is 671 Å². The molecule has 14 nitrogen and oxygen atoms in total. The summed E-state index contributed by atoms with van der Waals surface area (Å²) in [5, 5.41) is 47.4. The van der Waals surface area contributed by atoms with Gasteiger partial charge in [-0.3, -0.25) is 15.0 Å². The molecule has 0 aliphatic heterocycles. The van der Waals surface area contributed by atoms with E-state index in [9.17, 15) is 20.4 Å². The summed E-state index contributed by atoms with van der Waals surface area (Å²) >= 11 is -2.86. The summed E-state index contributed by atoms with van der Waals surface area (Å²) in [6, 6.07) is 95.0. The van der Waals surface area contributed by atoms with E-state index in [2.05, 4.69) is 105 Å². The van der Waals surface area contributed by atoms with Crippen molar-refractivity contribution in [1.82, 2.24) is 34.9 Å². The third-order valence-corrected chi connectivity index (χ3v) is 20.1. The van der Waals surface area contributed by atoms with Gasteiger partial charge in [-0.1, -0.05) is 217 Å². The zero-order valence-corrected chi connectivity index (χ0v) is 66.6. The third kappa shape index (κ3) is 16.7. The number of fused-ring (bicyclic) bond motifs is 6. The molecule has 0 saturated heterocycles. The van der Waals surface area contributed by atoms with E-state index in [1.54, 1.807) is 67.1 Å². The van der Waals surface area contributed by atoms with Crippen LogP contribution >= 0.6 is 0 Å². The van der Waals surface area contributed by atoms with Gasteiger partial charge in [-0.2, -0.15) is 0 Å². The molecular weight excluding hydrogens is 1740 g/mol. The van der Waals surface area contributed by atoms with Crippen molar-refractivity contribution < 1.29 is 73.9 Å². The smallest absolute Gasteiger partial charge is 0.576 e. The second-order valence-corrected chi connectivity index (χ2v) is 29.4. The number of phenolic OH excluding ortho intramolecular Hbond substituents is 4. The number of hydrogen-bond acceptors (Lipinski definition) is 14. The second kappa shape index (κ2) is 33.3. The molecule has 17 rings (SSSR count). The fraction of sp³-hybridized carbons (Fsp3) is 0.0860. The molecule has 0 amide bonds. The maximum Gasteiger partial charge on any atom is 1.20 e. The predicted octanol–water partition coefficient (Wildman–Crippen LogP) is 22.2.